The number of rotatable bonds is 6. The van der Waals surface area contributed by atoms with E-state index in [1.54, 1.807) is 20.8 Å². The van der Waals surface area contributed by atoms with Gasteiger partial charge in [-0.25, -0.2) is 23.5 Å². The molecule has 0 unspecified atom stereocenters. The Bertz CT molecular complexity index is 1360. The number of halogens is 2. The molecule has 1 N–H and O–H groups in total. The molecule has 0 saturated carbocycles. The maximum absolute atomic E-state index is 12.7. The smallest absolute Gasteiger partial charge is 0.340 e. The number of nitro groups is 1. The van der Waals surface area contributed by atoms with Gasteiger partial charge in [0.2, 0.25) is 0 Å². The lowest BCUT2D eigenvalue weighted by Gasteiger charge is -2.15. The Morgan fingerprint density at radius 2 is 1.56 bits per heavy atom. The summed E-state index contributed by atoms with van der Waals surface area (Å²) in [6.45, 7) is 5.18. The van der Waals surface area contributed by atoms with Crippen molar-refractivity contribution in [3.63, 3.8) is 0 Å². The van der Waals surface area contributed by atoms with E-state index in [-0.39, 0.29) is 33.7 Å². The first-order valence-electron chi connectivity index (χ1n) is 9.44. The zero-order valence-electron chi connectivity index (χ0n) is 17.3. The average Bonchev–Trinajstić information content (AvgIpc) is 2.69. The van der Waals surface area contributed by atoms with E-state index in [0.29, 0.717) is 23.3 Å². The van der Waals surface area contributed by atoms with Gasteiger partial charge in [-0.2, -0.15) is 0 Å². The second kappa shape index (κ2) is 9.01. The molecule has 0 bridgehead atoms. The van der Waals surface area contributed by atoms with Gasteiger partial charge in [-0.1, -0.05) is 30.1 Å². The first-order valence-corrected chi connectivity index (χ1v) is 10.2. The van der Waals surface area contributed by atoms with Crippen molar-refractivity contribution in [3.8, 4) is 17.2 Å². The quantitative estimate of drug-likeness (QED) is 0.422. The molecule has 0 saturated heterocycles. The van der Waals surface area contributed by atoms with E-state index in [0.717, 1.165) is 9.13 Å². The van der Waals surface area contributed by atoms with E-state index < -0.39 is 22.0 Å². The lowest BCUT2D eigenvalue weighted by molar-refractivity contribution is -0.385. The summed E-state index contributed by atoms with van der Waals surface area (Å²) in [5, 5.41) is 11.0. The number of benzene rings is 2. The molecule has 0 aliphatic carbocycles. The molecule has 168 valence electrons. The molecule has 2 aromatic carbocycles. The summed E-state index contributed by atoms with van der Waals surface area (Å²) in [6, 6.07) is 5.32. The fraction of sp³-hybridized carbons (Fsp3) is 0.250. The number of ether oxygens (including phenoxy) is 1. The van der Waals surface area contributed by atoms with Crippen molar-refractivity contribution in [1.29, 1.82) is 0 Å². The van der Waals surface area contributed by atoms with Gasteiger partial charge in [0.15, 0.2) is 5.75 Å². The van der Waals surface area contributed by atoms with Gasteiger partial charge < -0.3 is 4.74 Å². The van der Waals surface area contributed by atoms with Crippen LogP contribution in [0.15, 0.2) is 38.6 Å². The number of nitrogens with one attached hydrogen (secondary N) is 1. The molecule has 0 amide bonds. The normalized spacial score (nSPS) is 10.9. The van der Waals surface area contributed by atoms with Crippen molar-refractivity contribution in [1.82, 2.24) is 14.1 Å². The minimum Gasteiger partial charge on any atom is -0.454 e. The van der Waals surface area contributed by atoms with Crippen LogP contribution in [-0.2, 0) is 6.54 Å². The van der Waals surface area contributed by atoms with Crippen LogP contribution in [0.2, 0.25) is 10.0 Å². The summed E-state index contributed by atoms with van der Waals surface area (Å²) in [5.74, 6) is 0.377. The van der Waals surface area contributed by atoms with Crippen LogP contribution >= 0.6 is 23.2 Å². The Labute approximate surface area is 190 Å². The second-order valence-corrected chi connectivity index (χ2v) is 7.83. The Hall–Kier alpha value is -3.37. The number of non-ortho nitro benzene ring substituents is 1. The Morgan fingerprint density at radius 3 is 2.06 bits per heavy atom. The SMILES string of the molecule is CCCn1c(=O)[nH]c(=O)n(-c2cc(Cl)c(Oc3c(C)cc([N+](=O)[O-])cc3C)c(Cl)c2)c1=O. The molecular weight excluding hydrogens is 463 g/mol. The minimum absolute atomic E-state index is 0.0100. The molecule has 0 spiro atoms. The zero-order valence-corrected chi connectivity index (χ0v) is 18.8. The fourth-order valence-electron chi connectivity index (χ4n) is 3.23. The predicted octanol–water partition coefficient (Wildman–Crippen LogP) is 3.72. The number of aryl methyl sites for hydroxylation is 2. The van der Waals surface area contributed by atoms with E-state index in [4.69, 9.17) is 27.9 Å². The Morgan fingerprint density at radius 1 is 1.00 bits per heavy atom. The first kappa shape index (κ1) is 23.3. The maximum Gasteiger partial charge on any atom is 0.340 e. The summed E-state index contributed by atoms with van der Waals surface area (Å²) in [5.41, 5.74) is -1.63. The largest absolute Gasteiger partial charge is 0.454 e. The third kappa shape index (κ3) is 4.32. The number of nitro benzene ring substituents is 1. The average molecular weight is 481 g/mol. The molecule has 0 aliphatic rings. The number of H-pyrrole nitrogens is 1. The van der Waals surface area contributed by atoms with Crippen LogP contribution in [0, 0.1) is 24.0 Å². The van der Waals surface area contributed by atoms with Crippen LogP contribution < -0.4 is 21.8 Å². The van der Waals surface area contributed by atoms with Crippen LogP contribution in [0.25, 0.3) is 5.69 Å². The van der Waals surface area contributed by atoms with Crippen molar-refractivity contribution in [2.75, 3.05) is 0 Å². The summed E-state index contributed by atoms with van der Waals surface area (Å²) in [4.78, 5) is 49.6. The number of aromatic nitrogens is 3. The molecule has 1 aromatic heterocycles. The Kier molecular flexibility index (Phi) is 6.56. The van der Waals surface area contributed by atoms with E-state index in [2.05, 4.69) is 4.98 Å². The highest BCUT2D eigenvalue weighted by molar-refractivity contribution is 6.37. The van der Waals surface area contributed by atoms with E-state index in [1.165, 1.54) is 24.3 Å². The summed E-state index contributed by atoms with van der Waals surface area (Å²) < 4.78 is 7.50. The van der Waals surface area contributed by atoms with Crippen LogP contribution in [0.3, 0.4) is 0 Å². The summed E-state index contributed by atoms with van der Waals surface area (Å²) in [6.07, 6.45) is 0.503. The third-order valence-corrected chi connectivity index (χ3v) is 5.19. The van der Waals surface area contributed by atoms with Gasteiger partial charge in [0, 0.05) is 18.7 Å². The zero-order chi connectivity index (χ0) is 23.7. The molecule has 0 fully saturated rings. The molecule has 0 atom stereocenters. The highest BCUT2D eigenvalue weighted by Crippen LogP contribution is 2.40. The molecule has 3 aromatic rings. The lowest BCUT2D eigenvalue weighted by Crippen LogP contribution is -2.48. The standard InChI is InChI=1S/C20H18Cl2N4O6/c1-4-5-24-18(27)23-19(28)25(20(24)29)12-8-14(21)17(15(22)9-12)32-16-10(2)6-13(26(30)31)7-11(16)3/h6-9H,4-5H2,1-3H3,(H,23,27,28). The topological polar surface area (TPSA) is 129 Å². The second-order valence-electron chi connectivity index (χ2n) is 7.01. The van der Waals surface area contributed by atoms with Gasteiger partial charge in [0.25, 0.3) is 5.69 Å². The van der Waals surface area contributed by atoms with Crippen LogP contribution in [0.1, 0.15) is 24.5 Å². The van der Waals surface area contributed by atoms with E-state index >= 15 is 0 Å². The van der Waals surface area contributed by atoms with Gasteiger partial charge in [-0.05, 0) is 43.5 Å². The van der Waals surface area contributed by atoms with Gasteiger partial charge in [-0.15, -0.1) is 0 Å². The van der Waals surface area contributed by atoms with E-state index in [1.807, 2.05) is 0 Å². The molecule has 0 aliphatic heterocycles. The van der Waals surface area contributed by atoms with Crippen LogP contribution in [0.5, 0.6) is 11.5 Å². The van der Waals surface area contributed by atoms with Gasteiger partial charge in [0.05, 0.1) is 20.7 Å². The number of nitrogens with zero attached hydrogens (tertiary/aromatic N) is 3. The predicted molar refractivity (Wildman–Crippen MR) is 120 cm³/mol. The molecule has 1 heterocycles. The summed E-state index contributed by atoms with van der Waals surface area (Å²) >= 11 is 12.7. The van der Waals surface area contributed by atoms with E-state index in [9.17, 15) is 24.5 Å². The van der Waals surface area contributed by atoms with Crippen molar-refractivity contribution in [2.24, 2.45) is 0 Å². The van der Waals surface area contributed by atoms with Gasteiger partial charge in [-0.3, -0.25) is 15.1 Å². The van der Waals surface area contributed by atoms with Gasteiger partial charge >= 0.3 is 17.1 Å². The first-order chi connectivity index (χ1) is 15.0. The number of hydrogen-bond acceptors (Lipinski definition) is 6. The monoisotopic (exact) mass is 480 g/mol. The molecule has 3 rings (SSSR count). The minimum atomic E-state index is -0.935. The van der Waals surface area contributed by atoms with Crippen LogP contribution in [-0.4, -0.2) is 19.0 Å². The molecule has 12 heteroatoms. The molecule has 0 radical (unpaired) electrons. The van der Waals surface area contributed by atoms with Crippen molar-refractivity contribution >= 4 is 28.9 Å². The van der Waals surface area contributed by atoms with Crippen LogP contribution in [0.4, 0.5) is 5.69 Å². The molecule has 32 heavy (non-hydrogen) atoms. The molecular formula is C20H18Cl2N4O6. The highest BCUT2D eigenvalue weighted by atomic mass is 35.5. The van der Waals surface area contributed by atoms with Crippen molar-refractivity contribution in [2.45, 2.75) is 33.7 Å². The third-order valence-electron chi connectivity index (χ3n) is 4.63. The maximum atomic E-state index is 12.7. The molecule has 10 nitrogen and oxygen atoms in total. The fourth-order valence-corrected chi connectivity index (χ4v) is 3.78. The van der Waals surface area contributed by atoms with Gasteiger partial charge in [0.1, 0.15) is 5.75 Å². The number of aromatic amines is 1. The number of hydrogen-bond donors (Lipinski definition) is 1. The van der Waals surface area contributed by atoms with Crippen molar-refractivity contribution in [3.05, 3.63) is 87.0 Å². The lowest BCUT2D eigenvalue weighted by atomic mass is 10.1. The highest BCUT2D eigenvalue weighted by Gasteiger charge is 2.19. The summed E-state index contributed by atoms with van der Waals surface area (Å²) in [7, 11) is 0. The Balaban J connectivity index is 2.11. The van der Waals surface area contributed by atoms with Crippen molar-refractivity contribution < 1.29 is 9.66 Å².